The van der Waals surface area contributed by atoms with Gasteiger partial charge in [-0.05, 0) is 31.2 Å². The number of hydrogen-bond donors (Lipinski definition) is 1. The molecule has 0 spiro atoms. The zero-order valence-electron chi connectivity index (χ0n) is 8.94. The van der Waals surface area contributed by atoms with E-state index in [0.717, 1.165) is 0 Å². The number of carbonyl (C=O) groups is 1. The lowest BCUT2D eigenvalue weighted by atomic mass is 10.2. The zero-order chi connectivity index (χ0) is 12.1. The van der Waals surface area contributed by atoms with Crippen LogP contribution in [0.5, 0.6) is 5.75 Å². The van der Waals surface area contributed by atoms with Crippen molar-refractivity contribution in [2.45, 2.75) is 6.92 Å². The van der Waals surface area contributed by atoms with Crippen molar-refractivity contribution in [3.63, 3.8) is 0 Å². The van der Waals surface area contributed by atoms with Crippen molar-refractivity contribution in [1.29, 1.82) is 0 Å². The van der Waals surface area contributed by atoms with Crippen LogP contribution in [0.25, 0.3) is 0 Å². The number of carbonyl (C=O) groups excluding carboxylic acids is 1. The van der Waals surface area contributed by atoms with Crippen molar-refractivity contribution in [2.75, 3.05) is 7.05 Å². The molecular weight excluding hydrogens is 211 g/mol. The van der Waals surface area contributed by atoms with Gasteiger partial charge < -0.3 is 5.11 Å². The largest absolute Gasteiger partial charge is 0.504 e. The van der Waals surface area contributed by atoms with Crippen molar-refractivity contribution in [1.82, 2.24) is 4.98 Å². The van der Waals surface area contributed by atoms with Crippen LogP contribution in [0, 0.1) is 5.95 Å². The molecule has 1 N–H and O–H groups in total. The van der Waals surface area contributed by atoms with Crippen LogP contribution in [0.1, 0.15) is 12.6 Å². The van der Waals surface area contributed by atoms with Crippen LogP contribution < -0.4 is 0 Å². The van der Waals surface area contributed by atoms with Crippen molar-refractivity contribution >= 4 is 11.5 Å². The first-order chi connectivity index (χ1) is 7.54. The minimum absolute atomic E-state index is 0.139. The number of allylic oxidation sites excluding steroid dienone is 2. The molecule has 0 aliphatic rings. The van der Waals surface area contributed by atoms with Crippen molar-refractivity contribution < 1.29 is 14.3 Å². The number of aromatic hydroxyl groups is 1. The first kappa shape index (κ1) is 12.0. The summed E-state index contributed by atoms with van der Waals surface area (Å²) in [5.41, 5.74) is 0.629. The molecule has 0 atom stereocenters. The summed E-state index contributed by atoms with van der Waals surface area (Å²) < 4.78 is 13.0. The van der Waals surface area contributed by atoms with Gasteiger partial charge in [-0.2, -0.15) is 4.39 Å². The van der Waals surface area contributed by atoms with Crippen LogP contribution in [0.15, 0.2) is 29.3 Å². The number of aliphatic imine (C=N–C) groups is 1. The van der Waals surface area contributed by atoms with E-state index < -0.39 is 11.7 Å². The Labute approximate surface area is 92.2 Å². The fourth-order valence-electron chi connectivity index (χ4n) is 1.04. The summed E-state index contributed by atoms with van der Waals surface area (Å²) >= 11 is 0. The minimum atomic E-state index is -0.963. The number of halogens is 1. The van der Waals surface area contributed by atoms with Gasteiger partial charge in [0, 0.05) is 7.05 Å². The molecule has 1 heterocycles. The molecule has 0 aromatic carbocycles. The van der Waals surface area contributed by atoms with Crippen LogP contribution in [-0.4, -0.2) is 28.6 Å². The highest BCUT2D eigenvalue weighted by Crippen LogP contribution is 2.13. The van der Waals surface area contributed by atoms with Crippen molar-refractivity contribution in [3.8, 4) is 5.75 Å². The highest BCUT2D eigenvalue weighted by molar-refractivity contribution is 6.09. The second kappa shape index (κ2) is 5.16. The summed E-state index contributed by atoms with van der Waals surface area (Å²) in [5.74, 6) is -1.62. The normalized spacial score (nSPS) is 12.1. The van der Waals surface area contributed by atoms with E-state index in [2.05, 4.69) is 9.98 Å². The van der Waals surface area contributed by atoms with E-state index in [1.165, 1.54) is 38.3 Å². The number of nitrogens with zero attached hydrogens (tertiary/aromatic N) is 2. The molecule has 0 unspecified atom stereocenters. The average Bonchev–Trinajstić information content (AvgIpc) is 2.23. The highest BCUT2D eigenvalue weighted by Gasteiger charge is 2.06. The predicted molar refractivity (Wildman–Crippen MR) is 58.1 cm³/mol. The van der Waals surface area contributed by atoms with Crippen LogP contribution in [0.3, 0.4) is 0 Å². The molecule has 0 aliphatic heterocycles. The van der Waals surface area contributed by atoms with E-state index in [4.69, 9.17) is 5.11 Å². The second-order valence-electron chi connectivity index (χ2n) is 3.06. The molecule has 1 rings (SSSR count). The van der Waals surface area contributed by atoms with Gasteiger partial charge in [0.1, 0.15) is 0 Å². The summed E-state index contributed by atoms with van der Waals surface area (Å²) in [5, 5.41) is 8.97. The summed E-state index contributed by atoms with van der Waals surface area (Å²) in [4.78, 5) is 18.1. The standard InChI is InChI=1S/C11H11FN2O2/c1-7(15)3-4-8(13-2)9-5-6-10(16)11(12)14-9/h3-6,16H,1-2H3/b4-3-,13-8?. The first-order valence-corrected chi connectivity index (χ1v) is 4.56. The Morgan fingerprint density at radius 2 is 2.19 bits per heavy atom. The predicted octanol–water partition coefficient (Wildman–Crippen LogP) is 1.49. The Morgan fingerprint density at radius 3 is 2.69 bits per heavy atom. The molecule has 0 bridgehead atoms. The number of aromatic nitrogens is 1. The van der Waals surface area contributed by atoms with E-state index in [1.54, 1.807) is 0 Å². The fourth-order valence-corrected chi connectivity index (χ4v) is 1.04. The Hall–Kier alpha value is -2.04. The maximum atomic E-state index is 13.0. The van der Waals surface area contributed by atoms with Crippen LogP contribution in [0.2, 0.25) is 0 Å². The van der Waals surface area contributed by atoms with Gasteiger partial charge in [0.15, 0.2) is 11.5 Å². The zero-order valence-corrected chi connectivity index (χ0v) is 8.94. The monoisotopic (exact) mass is 222 g/mol. The van der Waals surface area contributed by atoms with Gasteiger partial charge in [0.25, 0.3) is 5.95 Å². The van der Waals surface area contributed by atoms with Crippen LogP contribution >= 0.6 is 0 Å². The van der Waals surface area contributed by atoms with E-state index in [-0.39, 0.29) is 11.5 Å². The third-order valence-electron chi connectivity index (χ3n) is 1.81. The summed E-state index contributed by atoms with van der Waals surface area (Å²) in [6.07, 6.45) is 2.76. The lowest BCUT2D eigenvalue weighted by molar-refractivity contribution is -0.112. The van der Waals surface area contributed by atoms with Gasteiger partial charge in [-0.15, -0.1) is 0 Å². The number of pyridine rings is 1. The molecule has 0 saturated heterocycles. The number of hydrogen-bond acceptors (Lipinski definition) is 4. The van der Waals surface area contributed by atoms with Gasteiger partial charge in [-0.3, -0.25) is 9.79 Å². The van der Waals surface area contributed by atoms with E-state index in [9.17, 15) is 9.18 Å². The molecule has 0 radical (unpaired) electrons. The molecule has 16 heavy (non-hydrogen) atoms. The molecule has 0 amide bonds. The van der Waals surface area contributed by atoms with E-state index in [1.807, 2.05) is 0 Å². The first-order valence-electron chi connectivity index (χ1n) is 4.56. The molecular formula is C11H11FN2O2. The van der Waals surface area contributed by atoms with Gasteiger partial charge in [0.2, 0.25) is 0 Å². The molecule has 84 valence electrons. The molecule has 4 nitrogen and oxygen atoms in total. The van der Waals surface area contributed by atoms with E-state index in [0.29, 0.717) is 5.71 Å². The number of rotatable bonds is 3. The Balaban J connectivity index is 3.06. The van der Waals surface area contributed by atoms with Gasteiger partial charge in [-0.1, -0.05) is 0 Å². The maximum absolute atomic E-state index is 13.0. The van der Waals surface area contributed by atoms with Crippen LogP contribution in [-0.2, 0) is 4.79 Å². The Bertz CT molecular complexity index is 467. The van der Waals surface area contributed by atoms with E-state index >= 15 is 0 Å². The molecule has 0 saturated carbocycles. The maximum Gasteiger partial charge on any atom is 0.255 e. The van der Waals surface area contributed by atoms with Crippen LogP contribution in [0.4, 0.5) is 4.39 Å². The molecule has 5 heteroatoms. The minimum Gasteiger partial charge on any atom is -0.504 e. The number of ketones is 1. The van der Waals surface area contributed by atoms with Gasteiger partial charge in [0.05, 0.1) is 11.4 Å². The SMILES string of the molecule is CN=C(/C=C\C(C)=O)c1ccc(O)c(F)n1. The van der Waals surface area contributed by atoms with Crippen molar-refractivity contribution in [3.05, 3.63) is 35.9 Å². The van der Waals surface area contributed by atoms with Gasteiger partial charge in [-0.25, -0.2) is 4.98 Å². The molecule has 1 aromatic heterocycles. The summed E-state index contributed by atoms with van der Waals surface area (Å²) in [6.45, 7) is 1.40. The van der Waals surface area contributed by atoms with Crippen molar-refractivity contribution in [2.24, 2.45) is 4.99 Å². The molecule has 0 fully saturated rings. The molecule has 1 aromatic rings. The summed E-state index contributed by atoms with van der Waals surface area (Å²) in [6, 6.07) is 2.61. The smallest absolute Gasteiger partial charge is 0.255 e. The highest BCUT2D eigenvalue weighted by atomic mass is 19.1. The topological polar surface area (TPSA) is 62.5 Å². The lowest BCUT2D eigenvalue weighted by Crippen LogP contribution is -2.02. The summed E-state index contributed by atoms with van der Waals surface area (Å²) in [7, 11) is 1.51. The average molecular weight is 222 g/mol. The quantitative estimate of drug-likeness (QED) is 0.478. The third kappa shape index (κ3) is 2.98. The Morgan fingerprint density at radius 1 is 1.50 bits per heavy atom. The second-order valence-corrected chi connectivity index (χ2v) is 3.06. The lowest BCUT2D eigenvalue weighted by Gasteiger charge is -2.00. The Kier molecular flexibility index (Phi) is 3.88. The van der Waals surface area contributed by atoms with Gasteiger partial charge >= 0.3 is 0 Å². The third-order valence-corrected chi connectivity index (χ3v) is 1.81. The fraction of sp³-hybridized carbons (Fsp3) is 0.182. The molecule has 0 aliphatic carbocycles.